The number of phosphoric acid groups is 1. The number of benzene rings is 1. The first kappa shape index (κ1) is 24.4. The molecular weight excluding hydrogens is 503 g/mol. The van der Waals surface area contributed by atoms with Gasteiger partial charge in [0, 0.05) is 23.2 Å². The van der Waals surface area contributed by atoms with Gasteiger partial charge in [0.2, 0.25) is 5.95 Å². The lowest BCUT2D eigenvalue weighted by atomic mass is 9.96. The Morgan fingerprint density at radius 3 is 2.94 bits per heavy atom. The topological polar surface area (TPSA) is 171 Å². The van der Waals surface area contributed by atoms with Crippen LogP contribution >= 0.6 is 19.4 Å². The Kier molecular flexibility index (Phi) is 6.27. The number of nitrogens with zero attached hydrogens (tertiary/aromatic N) is 2. The number of aromatic nitrogens is 3. The molecule has 188 valence electrons. The van der Waals surface area contributed by atoms with E-state index in [-0.39, 0.29) is 23.6 Å². The first-order valence-corrected chi connectivity index (χ1v) is 12.7. The zero-order valence-electron chi connectivity index (χ0n) is 18.5. The summed E-state index contributed by atoms with van der Waals surface area (Å²) in [6.07, 6.45) is -2.39. The molecule has 4 heterocycles. The van der Waals surface area contributed by atoms with E-state index in [1.807, 2.05) is 0 Å². The predicted molar refractivity (Wildman–Crippen MR) is 125 cm³/mol. The molecule has 2 fully saturated rings. The van der Waals surface area contributed by atoms with Crippen LogP contribution in [0.5, 0.6) is 0 Å². The summed E-state index contributed by atoms with van der Waals surface area (Å²) in [5.41, 5.74) is 4.21. The van der Waals surface area contributed by atoms with Crippen molar-refractivity contribution in [2.75, 3.05) is 18.9 Å². The second kappa shape index (κ2) is 8.99. The standard InChI is InChI=1S/C21H24ClN4O8P/c1-21(29)16(27)15(33-19(21)26-8-6-12-17(26)24-20(23)25-18(12)28)10-32-35(30)31-9-7-14(34-35)11-4-2-3-5-13(11)22/h2-6,8,14-16,19,27,29H,7,9-10H2,1H3,(H3,23,24,25,28)/t14-,15+,16+,19+,21+,35+/m0/s1. The maximum absolute atomic E-state index is 13.1. The fourth-order valence-electron chi connectivity index (χ4n) is 4.32. The third-order valence-electron chi connectivity index (χ3n) is 6.14. The van der Waals surface area contributed by atoms with Crippen LogP contribution in [0.15, 0.2) is 41.3 Å². The number of fused-ring (bicyclic) bond motifs is 1. The van der Waals surface area contributed by atoms with E-state index in [2.05, 4.69) is 9.97 Å². The minimum atomic E-state index is -4.02. The van der Waals surface area contributed by atoms with Crippen LogP contribution in [0.3, 0.4) is 0 Å². The SMILES string of the molecule is C[C@@]1(O)[C@H](O)[C@@H](CO[P@@]2(=O)OCC[C@@H](c3ccccc3Cl)O2)O[C@H]1n1ccc2c(=O)[nH]c(N)nc21. The van der Waals surface area contributed by atoms with Crippen molar-refractivity contribution in [2.45, 2.75) is 43.5 Å². The number of phosphoric ester groups is 1. The smallest absolute Gasteiger partial charge is 0.387 e. The molecule has 0 aliphatic carbocycles. The summed E-state index contributed by atoms with van der Waals surface area (Å²) in [5.74, 6) is -0.113. The van der Waals surface area contributed by atoms with Gasteiger partial charge in [0.15, 0.2) is 11.9 Å². The van der Waals surface area contributed by atoms with Crippen molar-refractivity contribution in [1.29, 1.82) is 0 Å². The summed E-state index contributed by atoms with van der Waals surface area (Å²) >= 11 is 6.24. The zero-order chi connectivity index (χ0) is 25.0. The average molecular weight is 527 g/mol. The summed E-state index contributed by atoms with van der Waals surface area (Å²) in [7, 11) is -4.02. The number of aliphatic hydroxyl groups excluding tert-OH is 1. The highest BCUT2D eigenvalue weighted by Gasteiger charge is 2.54. The molecule has 0 spiro atoms. The van der Waals surface area contributed by atoms with E-state index in [1.165, 1.54) is 23.8 Å². The molecule has 0 radical (unpaired) electrons. The van der Waals surface area contributed by atoms with E-state index in [0.29, 0.717) is 17.0 Å². The molecule has 0 amide bonds. The van der Waals surface area contributed by atoms with Gasteiger partial charge in [-0.25, -0.2) is 4.57 Å². The van der Waals surface area contributed by atoms with E-state index >= 15 is 0 Å². The number of anilines is 1. The van der Waals surface area contributed by atoms with Crippen LogP contribution < -0.4 is 11.3 Å². The number of H-pyrrole nitrogens is 1. The summed E-state index contributed by atoms with van der Waals surface area (Å²) in [5, 5.41) is 22.5. The molecule has 0 saturated carbocycles. The van der Waals surface area contributed by atoms with E-state index in [1.54, 1.807) is 24.3 Å². The van der Waals surface area contributed by atoms with E-state index in [0.717, 1.165) is 0 Å². The molecule has 2 aliphatic rings. The van der Waals surface area contributed by atoms with Crippen LogP contribution in [-0.4, -0.2) is 55.8 Å². The molecule has 2 aromatic heterocycles. The van der Waals surface area contributed by atoms with Crippen molar-refractivity contribution < 1.29 is 33.1 Å². The number of nitrogens with two attached hydrogens (primary N) is 1. The van der Waals surface area contributed by atoms with E-state index in [4.69, 9.17) is 35.6 Å². The monoisotopic (exact) mass is 526 g/mol. The highest BCUT2D eigenvalue weighted by atomic mass is 35.5. The van der Waals surface area contributed by atoms with Gasteiger partial charge >= 0.3 is 7.82 Å². The van der Waals surface area contributed by atoms with Gasteiger partial charge in [0.05, 0.1) is 24.7 Å². The Labute approximate surface area is 204 Å². The molecule has 5 N–H and O–H groups in total. The Bertz CT molecular complexity index is 1360. The fourth-order valence-corrected chi connectivity index (χ4v) is 5.96. The summed E-state index contributed by atoms with van der Waals surface area (Å²) in [6, 6.07) is 8.52. The highest BCUT2D eigenvalue weighted by Crippen LogP contribution is 2.58. The van der Waals surface area contributed by atoms with Crippen LogP contribution in [0.25, 0.3) is 11.0 Å². The second-order valence-corrected chi connectivity index (χ2v) is 10.6. The normalized spacial score (nSPS) is 33.4. The third kappa shape index (κ3) is 4.41. The zero-order valence-corrected chi connectivity index (χ0v) is 20.2. The molecule has 5 rings (SSSR count). The molecule has 2 saturated heterocycles. The Hall–Kier alpha value is -2.28. The van der Waals surface area contributed by atoms with Crippen molar-refractivity contribution in [1.82, 2.24) is 14.5 Å². The maximum Gasteiger partial charge on any atom is 0.475 e. The van der Waals surface area contributed by atoms with Crippen LogP contribution in [0, 0.1) is 0 Å². The van der Waals surface area contributed by atoms with Crippen LogP contribution in [-0.2, 0) is 22.9 Å². The molecule has 6 atom stereocenters. The minimum absolute atomic E-state index is 0.110. The fraction of sp³-hybridized carbons (Fsp3) is 0.429. The van der Waals surface area contributed by atoms with Crippen molar-refractivity contribution in [3.05, 3.63) is 57.5 Å². The van der Waals surface area contributed by atoms with Gasteiger partial charge in [-0.3, -0.25) is 23.3 Å². The molecule has 2 aliphatic heterocycles. The Morgan fingerprint density at radius 1 is 1.40 bits per heavy atom. The Balaban J connectivity index is 1.33. The van der Waals surface area contributed by atoms with Gasteiger partial charge in [-0.05, 0) is 19.1 Å². The number of hydrogen-bond acceptors (Lipinski definition) is 10. The number of nitrogens with one attached hydrogen (secondary N) is 1. The molecule has 14 heteroatoms. The summed E-state index contributed by atoms with van der Waals surface area (Å²) in [6.45, 7) is 1.07. The lowest BCUT2D eigenvalue weighted by molar-refractivity contribution is -0.0950. The number of rotatable bonds is 5. The average Bonchev–Trinajstić information content (AvgIpc) is 3.31. The number of nitrogen functional groups attached to an aromatic ring is 1. The second-order valence-electron chi connectivity index (χ2n) is 8.59. The quantitative estimate of drug-likeness (QED) is 0.361. The number of aliphatic hydroxyl groups is 2. The van der Waals surface area contributed by atoms with Gasteiger partial charge in [-0.15, -0.1) is 0 Å². The van der Waals surface area contributed by atoms with Gasteiger partial charge < -0.3 is 25.3 Å². The lowest BCUT2D eigenvalue weighted by Crippen LogP contribution is -2.44. The number of ether oxygens (including phenoxy) is 1. The molecule has 0 unspecified atom stereocenters. The van der Waals surface area contributed by atoms with E-state index in [9.17, 15) is 19.6 Å². The molecule has 35 heavy (non-hydrogen) atoms. The van der Waals surface area contributed by atoms with E-state index < -0.39 is 50.1 Å². The summed E-state index contributed by atoms with van der Waals surface area (Å²) in [4.78, 5) is 18.7. The van der Waals surface area contributed by atoms with Crippen LogP contribution in [0.1, 0.15) is 31.2 Å². The minimum Gasteiger partial charge on any atom is -0.387 e. The molecule has 0 bridgehead atoms. The number of hydrogen-bond donors (Lipinski definition) is 4. The van der Waals surface area contributed by atoms with Crippen LogP contribution in [0.2, 0.25) is 5.02 Å². The number of aromatic amines is 1. The predicted octanol–water partition coefficient (Wildman–Crippen LogP) is 2.27. The summed E-state index contributed by atoms with van der Waals surface area (Å²) < 4.78 is 36.8. The first-order chi connectivity index (χ1) is 16.6. The highest BCUT2D eigenvalue weighted by molar-refractivity contribution is 7.48. The van der Waals surface area contributed by atoms with Crippen molar-refractivity contribution in [3.63, 3.8) is 0 Å². The lowest BCUT2D eigenvalue weighted by Gasteiger charge is -2.30. The molecule has 3 aromatic rings. The first-order valence-electron chi connectivity index (χ1n) is 10.8. The van der Waals surface area contributed by atoms with Crippen molar-refractivity contribution in [3.8, 4) is 0 Å². The third-order valence-corrected chi connectivity index (χ3v) is 7.96. The van der Waals surface area contributed by atoms with Crippen LogP contribution in [0.4, 0.5) is 5.95 Å². The maximum atomic E-state index is 13.1. The molecule has 1 aromatic carbocycles. The molecule has 12 nitrogen and oxygen atoms in total. The van der Waals surface area contributed by atoms with Crippen molar-refractivity contribution >= 4 is 36.4 Å². The van der Waals surface area contributed by atoms with Gasteiger partial charge in [-0.2, -0.15) is 4.98 Å². The van der Waals surface area contributed by atoms with Gasteiger partial charge in [0.25, 0.3) is 5.56 Å². The largest absolute Gasteiger partial charge is 0.475 e. The van der Waals surface area contributed by atoms with Gasteiger partial charge in [-0.1, -0.05) is 29.8 Å². The Morgan fingerprint density at radius 2 is 2.17 bits per heavy atom. The molecular formula is C21H24ClN4O8P. The number of halogens is 1. The van der Waals surface area contributed by atoms with Crippen molar-refractivity contribution in [2.24, 2.45) is 0 Å². The van der Waals surface area contributed by atoms with Gasteiger partial charge in [0.1, 0.15) is 17.8 Å².